The van der Waals surface area contributed by atoms with Gasteiger partial charge in [-0.3, -0.25) is 14.5 Å². The average Bonchev–Trinajstić information content (AvgIpc) is 2.59. The van der Waals surface area contributed by atoms with E-state index >= 15 is 0 Å². The minimum Gasteiger partial charge on any atom is -0.273 e. The molecule has 108 valence electrons. The molecule has 1 aliphatic rings. The van der Waals surface area contributed by atoms with Crippen LogP contribution in [0.25, 0.3) is 0 Å². The van der Waals surface area contributed by atoms with Crippen molar-refractivity contribution in [3.8, 4) is 0 Å². The average molecular weight is 307 g/mol. The first-order valence-corrected chi connectivity index (χ1v) is 7.04. The quantitative estimate of drug-likeness (QED) is 0.787. The van der Waals surface area contributed by atoms with Crippen molar-refractivity contribution in [2.75, 3.05) is 12.3 Å². The number of alkyl halides is 3. The molecular weight excluding hydrogens is 299 g/mol. The highest BCUT2D eigenvalue weighted by atomic mass is 32.2. The van der Waals surface area contributed by atoms with Crippen molar-refractivity contribution in [3.63, 3.8) is 0 Å². The van der Waals surface area contributed by atoms with Crippen LogP contribution in [0.3, 0.4) is 0 Å². The van der Waals surface area contributed by atoms with Gasteiger partial charge in [0.15, 0.2) is 0 Å². The Balaban J connectivity index is 2.19. The number of hydrogen-bond donors (Lipinski definition) is 0. The molecule has 1 aliphatic heterocycles. The number of sulfone groups is 1. The van der Waals surface area contributed by atoms with Crippen LogP contribution in [0, 0.1) is 0 Å². The number of carbonyl (C=O) groups excluding carboxylic acids is 2. The van der Waals surface area contributed by atoms with Gasteiger partial charge in [-0.15, -0.1) is 0 Å². The molecule has 0 unspecified atom stereocenters. The van der Waals surface area contributed by atoms with Crippen LogP contribution in [-0.2, 0) is 9.84 Å². The van der Waals surface area contributed by atoms with Crippen LogP contribution in [0.15, 0.2) is 24.3 Å². The second-order valence-electron chi connectivity index (χ2n) is 4.07. The van der Waals surface area contributed by atoms with Crippen LogP contribution >= 0.6 is 0 Å². The van der Waals surface area contributed by atoms with Gasteiger partial charge in [0.1, 0.15) is 0 Å². The summed E-state index contributed by atoms with van der Waals surface area (Å²) in [7, 11) is -5.37. The zero-order valence-corrected chi connectivity index (χ0v) is 10.7. The van der Waals surface area contributed by atoms with Crippen LogP contribution < -0.4 is 0 Å². The maximum atomic E-state index is 12.2. The molecule has 0 saturated carbocycles. The molecule has 0 radical (unpaired) electrons. The molecule has 1 heterocycles. The number of amides is 2. The minimum absolute atomic E-state index is 0.0573. The van der Waals surface area contributed by atoms with Gasteiger partial charge in [0.05, 0.1) is 16.9 Å². The fraction of sp³-hybridized carbons (Fsp3) is 0.273. The van der Waals surface area contributed by atoms with Crippen LogP contribution in [0.5, 0.6) is 0 Å². The van der Waals surface area contributed by atoms with E-state index in [2.05, 4.69) is 0 Å². The Kier molecular flexibility index (Phi) is 3.32. The van der Waals surface area contributed by atoms with Crippen molar-refractivity contribution in [1.82, 2.24) is 4.90 Å². The first-order valence-electron chi connectivity index (χ1n) is 5.39. The molecule has 0 spiro atoms. The molecular formula is C11H8F3NO4S. The summed E-state index contributed by atoms with van der Waals surface area (Å²) in [6.45, 7) is -0.825. The fourth-order valence-electron chi connectivity index (χ4n) is 1.77. The van der Waals surface area contributed by atoms with E-state index in [1.165, 1.54) is 24.3 Å². The van der Waals surface area contributed by atoms with Crippen LogP contribution in [0.4, 0.5) is 13.2 Å². The molecule has 0 atom stereocenters. The van der Waals surface area contributed by atoms with Crippen molar-refractivity contribution in [1.29, 1.82) is 0 Å². The number of rotatable bonds is 3. The lowest BCUT2D eigenvalue weighted by Gasteiger charge is -2.14. The molecule has 0 N–H and O–H groups in total. The number of nitrogens with zero attached hydrogens (tertiary/aromatic N) is 1. The zero-order valence-electron chi connectivity index (χ0n) is 9.85. The molecule has 0 fully saturated rings. The van der Waals surface area contributed by atoms with Crippen molar-refractivity contribution < 1.29 is 31.2 Å². The monoisotopic (exact) mass is 307 g/mol. The summed E-state index contributed by atoms with van der Waals surface area (Å²) in [4.78, 5) is 24.1. The summed E-state index contributed by atoms with van der Waals surface area (Å²) >= 11 is 0. The largest absolute Gasteiger partial charge is 0.497 e. The van der Waals surface area contributed by atoms with Crippen molar-refractivity contribution in [3.05, 3.63) is 35.4 Å². The molecule has 0 saturated heterocycles. The first-order chi connectivity index (χ1) is 9.15. The molecule has 20 heavy (non-hydrogen) atoms. The number of fused-ring (bicyclic) bond motifs is 1. The van der Waals surface area contributed by atoms with Gasteiger partial charge in [0.2, 0.25) is 9.84 Å². The summed E-state index contributed by atoms with van der Waals surface area (Å²) in [6.07, 6.45) is 0. The zero-order chi connectivity index (χ0) is 15.1. The lowest BCUT2D eigenvalue weighted by atomic mass is 10.1. The van der Waals surface area contributed by atoms with Crippen molar-refractivity contribution >= 4 is 21.7 Å². The van der Waals surface area contributed by atoms with E-state index in [9.17, 15) is 31.2 Å². The summed E-state index contributed by atoms with van der Waals surface area (Å²) in [6, 6.07) is 5.71. The van der Waals surface area contributed by atoms with Gasteiger partial charge in [-0.05, 0) is 12.1 Å². The third-order valence-electron chi connectivity index (χ3n) is 2.81. The van der Waals surface area contributed by atoms with Crippen LogP contribution in [0.1, 0.15) is 20.7 Å². The van der Waals surface area contributed by atoms with E-state index in [0.29, 0.717) is 4.90 Å². The molecule has 0 aromatic heterocycles. The normalized spacial score (nSPS) is 15.7. The van der Waals surface area contributed by atoms with E-state index in [1.54, 1.807) is 0 Å². The number of imide groups is 1. The molecule has 1 aromatic rings. The van der Waals surface area contributed by atoms with Crippen LogP contribution in [0.2, 0.25) is 0 Å². The SMILES string of the molecule is O=C1c2ccccc2C(=O)N1CCS(=O)(=O)C(F)(F)F. The number of benzene rings is 1. The second kappa shape index (κ2) is 4.58. The summed E-state index contributed by atoms with van der Waals surface area (Å²) < 4.78 is 58.4. The van der Waals surface area contributed by atoms with Gasteiger partial charge in [-0.25, -0.2) is 8.42 Å². The smallest absolute Gasteiger partial charge is 0.273 e. The second-order valence-corrected chi connectivity index (χ2v) is 6.17. The maximum Gasteiger partial charge on any atom is 0.497 e. The third kappa shape index (κ3) is 2.28. The molecule has 9 heteroatoms. The minimum atomic E-state index is -5.40. The Labute approximate surface area is 111 Å². The predicted octanol–water partition coefficient (Wildman–Crippen LogP) is 1.22. The number of hydrogen-bond acceptors (Lipinski definition) is 4. The van der Waals surface area contributed by atoms with E-state index in [1.807, 2.05) is 0 Å². The summed E-state index contributed by atoms with van der Waals surface area (Å²) in [5, 5.41) is 0. The van der Waals surface area contributed by atoms with Gasteiger partial charge in [-0.1, -0.05) is 12.1 Å². The Morgan fingerprint density at radius 1 is 1.00 bits per heavy atom. The summed E-state index contributed by atoms with van der Waals surface area (Å²) in [5.41, 5.74) is -5.28. The van der Waals surface area contributed by atoms with Gasteiger partial charge in [-0.2, -0.15) is 13.2 Å². The topological polar surface area (TPSA) is 71.5 Å². The molecule has 2 rings (SSSR count). The predicted molar refractivity (Wildman–Crippen MR) is 61.7 cm³/mol. The van der Waals surface area contributed by atoms with Crippen molar-refractivity contribution in [2.45, 2.75) is 5.51 Å². The lowest BCUT2D eigenvalue weighted by Crippen LogP contribution is -2.37. The number of halogens is 3. The Morgan fingerprint density at radius 3 is 1.85 bits per heavy atom. The summed E-state index contributed by atoms with van der Waals surface area (Å²) in [5.74, 6) is -2.92. The molecule has 0 bridgehead atoms. The van der Waals surface area contributed by atoms with E-state index < -0.39 is 39.5 Å². The van der Waals surface area contributed by atoms with Gasteiger partial charge in [0, 0.05) is 6.54 Å². The fourth-order valence-corrected chi connectivity index (χ4v) is 2.42. The molecule has 0 aliphatic carbocycles. The Hall–Kier alpha value is -1.90. The third-order valence-corrected chi connectivity index (χ3v) is 4.24. The van der Waals surface area contributed by atoms with Crippen LogP contribution in [-0.4, -0.2) is 42.9 Å². The highest BCUT2D eigenvalue weighted by Gasteiger charge is 2.46. The van der Waals surface area contributed by atoms with Crippen molar-refractivity contribution in [2.24, 2.45) is 0 Å². The standard InChI is InChI=1S/C11H8F3NO4S/c12-11(13,14)20(18,19)6-5-15-9(16)7-3-1-2-4-8(7)10(15)17/h1-4H,5-6H2. The Bertz CT molecular complexity index is 646. The molecule has 2 amide bonds. The Morgan fingerprint density at radius 2 is 1.45 bits per heavy atom. The highest BCUT2D eigenvalue weighted by molar-refractivity contribution is 7.92. The highest BCUT2D eigenvalue weighted by Crippen LogP contribution is 2.26. The van der Waals surface area contributed by atoms with Gasteiger partial charge >= 0.3 is 5.51 Å². The molecule has 1 aromatic carbocycles. The maximum absolute atomic E-state index is 12.2. The van der Waals surface area contributed by atoms with E-state index in [-0.39, 0.29) is 11.1 Å². The van der Waals surface area contributed by atoms with Gasteiger partial charge in [0.25, 0.3) is 11.8 Å². The van der Waals surface area contributed by atoms with E-state index in [0.717, 1.165) is 0 Å². The lowest BCUT2D eigenvalue weighted by molar-refractivity contribution is -0.0436. The van der Waals surface area contributed by atoms with Gasteiger partial charge < -0.3 is 0 Å². The van der Waals surface area contributed by atoms with E-state index in [4.69, 9.17) is 0 Å². The first kappa shape index (κ1) is 14.5. The molecule has 5 nitrogen and oxygen atoms in total. The number of carbonyl (C=O) groups is 2.